The quantitative estimate of drug-likeness (QED) is 0.460. The fourth-order valence-electron chi connectivity index (χ4n) is 3.92. The van der Waals surface area contributed by atoms with Gasteiger partial charge in [0.25, 0.3) is 17.7 Å². The van der Waals surface area contributed by atoms with Crippen LogP contribution in [0.5, 0.6) is 11.5 Å². The van der Waals surface area contributed by atoms with Crippen LogP contribution in [0.3, 0.4) is 0 Å². The molecule has 3 aromatic carbocycles. The highest BCUT2D eigenvalue weighted by Gasteiger charge is 2.46. The third-order valence-electron chi connectivity index (χ3n) is 5.63. The molecule has 1 fully saturated rings. The summed E-state index contributed by atoms with van der Waals surface area (Å²) in [7, 11) is 0. The van der Waals surface area contributed by atoms with Crippen molar-refractivity contribution in [2.24, 2.45) is 0 Å². The second-order valence-corrected chi connectivity index (χ2v) is 7.79. The van der Waals surface area contributed by atoms with Gasteiger partial charge in [0.2, 0.25) is 12.7 Å². The van der Waals surface area contributed by atoms with Gasteiger partial charge in [0.1, 0.15) is 11.9 Å². The van der Waals surface area contributed by atoms with Crippen molar-refractivity contribution in [3.8, 4) is 11.5 Å². The Balaban J connectivity index is 1.48. The monoisotopic (exact) mass is 475 g/mol. The lowest BCUT2D eigenvalue weighted by Gasteiger charge is -2.28. The number of ether oxygens (including phenoxy) is 2. The highest BCUT2D eigenvalue weighted by Crippen LogP contribution is 2.37. The smallest absolute Gasteiger partial charge is 0.273 e. The van der Waals surface area contributed by atoms with E-state index in [0.29, 0.717) is 11.5 Å². The third-order valence-corrected chi connectivity index (χ3v) is 5.63. The van der Waals surface area contributed by atoms with Gasteiger partial charge >= 0.3 is 0 Å². The molecule has 1 N–H and O–H groups in total. The Bertz CT molecular complexity index is 1350. The number of hydrogen-bond acceptors (Lipinski definition) is 6. The number of rotatable bonds is 4. The predicted molar refractivity (Wildman–Crippen MR) is 120 cm³/mol. The summed E-state index contributed by atoms with van der Waals surface area (Å²) < 4.78 is 24.8. The number of benzene rings is 3. The molecule has 1 atom stereocenters. The summed E-state index contributed by atoms with van der Waals surface area (Å²) in [5, 5.41) is 0.789. The zero-order valence-electron chi connectivity index (χ0n) is 18.1. The topological polar surface area (TPSA) is 105 Å². The second-order valence-electron chi connectivity index (χ2n) is 7.79. The van der Waals surface area contributed by atoms with Crippen LogP contribution in [-0.2, 0) is 9.59 Å². The van der Waals surface area contributed by atoms with Crippen LogP contribution >= 0.6 is 0 Å². The molecule has 2 aliphatic heterocycles. The highest BCUT2D eigenvalue weighted by atomic mass is 19.1. The molecule has 1 unspecified atom stereocenters. The standard InChI is InChI=1S/C25H18FN3O6/c26-18-9-5-4-8-17(18)23(31)27-29(24(32)15-6-2-1-3-7-15)19-13-22(30)28(25(19)33)16-10-11-20-21(12-16)35-14-34-20/h1-12,19H,13-14H2,(H,27,31). The summed E-state index contributed by atoms with van der Waals surface area (Å²) in [6.45, 7) is 0.0186. The normalized spacial score (nSPS) is 16.4. The Morgan fingerprint density at radius 3 is 2.43 bits per heavy atom. The van der Waals surface area contributed by atoms with E-state index in [1.807, 2.05) is 0 Å². The number of amides is 4. The average Bonchev–Trinajstić information content (AvgIpc) is 3.45. The highest BCUT2D eigenvalue weighted by molar-refractivity contribution is 6.23. The van der Waals surface area contributed by atoms with Crippen molar-refractivity contribution in [1.82, 2.24) is 10.4 Å². The molecule has 0 aliphatic carbocycles. The van der Waals surface area contributed by atoms with Gasteiger partial charge in [0.05, 0.1) is 17.7 Å². The first-order chi connectivity index (χ1) is 16.9. The Hall–Kier alpha value is -4.73. The van der Waals surface area contributed by atoms with Gasteiger partial charge in [-0.1, -0.05) is 30.3 Å². The van der Waals surface area contributed by atoms with E-state index in [2.05, 4.69) is 5.43 Å². The first kappa shape index (κ1) is 22.1. The molecule has 9 nitrogen and oxygen atoms in total. The van der Waals surface area contributed by atoms with Gasteiger partial charge in [-0.3, -0.25) is 24.6 Å². The van der Waals surface area contributed by atoms with Crippen molar-refractivity contribution < 1.29 is 33.0 Å². The number of carbonyl (C=O) groups is 4. The SMILES string of the molecule is O=C(NN(C(=O)c1ccccc1)C1CC(=O)N(c2ccc3c(c2)OCO3)C1=O)c1ccccc1F. The zero-order chi connectivity index (χ0) is 24.5. The first-order valence-electron chi connectivity index (χ1n) is 10.6. The number of nitrogens with one attached hydrogen (secondary N) is 1. The van der Waals surface area contributed by atoms with Crippen LogP contribution in [0.15, 0.2) is 72.8 Å². The number of imide groups is 1. The molecule has 1 saturated heterocycles. The third kappa shape index (κ3) is 4.05. The molecule has 3 aromatic rings. The van der Waals surface area contributed by atoms with E-state index in [4.69, 9.17) is 9.47 Å². The van der Waals surface area contributed by atoms with Crippen LogP contribution in [0.1, 0.15) is 27.1 Å². The lowest BCUT2D eigenvalue weighted by Crippen LogP contribution is -2.54. The maximum atomic E-state index is 14.2. The van der Waals surface area contributed by atoms with Crippen molar-refractivity contribution >= 4 is 29.3 Å². The average molecular weight is 475 g/mol. The summed E-state index contributed by atoms with van der Waals surface area (Å²) in [5.74, 6) is -2.92. The van der Waals surface area contributed by atoms with E-state index in [0.717, 1.165) is 16.0 Å². The fourth-order valence-corrected chi connectivity index (χ4v) is 3.92. The molecular formula is C25H18FN3O6. The second kappa shape index (κ2) is 8.90. The number of anilines is 1. The lowest BCUT2D eigenvalue weighted by molar-refractivity contribution is -0.122. The maximum Gasteiger partial charge on any atom is 0.273 e. The molecule has 0 radical (unpaired) electrons. The summed E-state index contributed by atoms with van der Waals surface area (Å²) in [4.78, 5) is 53.4. The molecule has 2 aliphatic rings. The van der Waals surface area contributed by atoms with Gasteiger partial charge in [-0.15, -0.1) is 0 Å². The Morgan fingerprint density at radius 2 is 1.66 bits per heavy atom. The molecule has 4 amide bonds. The summed E-state index contributed by atoms with van der Waals surface area (Å²) in [6.07, 6.45) is -0.386. The lowest BCUT2D eigenvalue weighted by atomic mass is 10.1. The molecule has 5 rings (SSSR count). The van der Waals surface area contributed by atoms with E-state index >= 15 is 0 Å². The maximum absolute atomic E-state index is 14.2. The number of fused-ring (bicyclic) bond motifs is 1. The molecule has 2 heterocycles. The van der Waals surface area contributed by atoms with Crippen LogP contribution in [-0.4, -0.2) is 41.5 Å². The van der Waals surface area contributed by atoms with Crippen LogP contribution in [0, 0.1) is 5.82 Å². The van der Waals surface area contributed by atoms with Gasteiger partial charge in [-0.25, -0.2) is 14.3 Å². The first-order valence-corrected chi connectivity index (χ1v) is 10.6. The number of halogens is 1. The minimum absolute atomic E-state index is 0.0186. The Morgan fingerprint density at radius 1 is 0.943 bits per heavy atom. The van der Waals surface area contributed by atoms with Crippen LogP contribution < -0.4 is 19.8 Å². The van der Waals surface area contributed by atoms with Crippen molar-refractivity contribution in [2.45, 2.75) is 12.5 Å². The number of carbonyl (C=O) groups excluding carboxylic acids is 4. The molecule has 0 aromatic heterocycles. The number of hydrogen-bond donors (Lipinski definition) is 1. The molecule has 0 spiro atoms. The summed E-state index contributed by atoms with van der Waals surface area (Å²) in [5.41, 5.74) is 2.43. The molecule has 10 heteroatoms. The van der Waals surface area contributed by atoms with Crippen LogP contribution in [0.25, 0.3) is 0 Å². The van der Waals surface area contributed by atoms with Gasteiger partial charge in [-0.2, -0.15) is 0 Å². The molecule has 0 saturated carbocycles. The van der Waals surface area contributed by atoms with Crippen molar-refractivity contribution in [3.05, 3.63) is 89.7 Å². The van der Waals surface area contributed by atoms with Crippen molar-refractivity contribution in [1.29, 1.82) is 0 Å². The predicted octanol–water partition coefficient (Wildman–Crippen LogP) is 2.67. The van der Waals surface area contributed by atoms with Crippen molar-refractivity contribution in [3.63, 3.8) is 0 Å². The number of nitrogens with zero attached hydrogens (tertiary/aromatic N) is 2. The Kier molecular flexibility index (Phi) is 5.61. The molecule has 35 heavy (non-hydrogen) atoms. The zero-order valence-corrected chi connectivity index (χ0v) is 18.1. The van der Waals surface area contributed by atoms with Gasteiger partial charge in [-0.05, 0) is 36.4 Å². The minimum Gasteiger partial charge on any atom is -0.454 e. The van der Waals surface area contributed by atoms with E-state index in [-0.39, 0.29) is 30.0 Å². The van der Waals surface area contributed by atoms with E-state index in [1.54, 1.807) is 24.3 Å². The molecule has 176 valence electrons. The minimum atomic E-state index is -1.35. The largest absolute Gasteiger partial charge is 0.454 e. The van der Waals surface area contributed by atoms with Gasteiger partial charge in [0, 0.05) is 11.6 Å². The van der Waals surface area contributed by atoms with E-state index in [1.165, 1.54) is 42.5 Å². The molecular weight excluding hydrogens is 457 g/mol. The van der Waals surface area contributed by atoms with Crippen LogP contribution in [0.4, 0.5) is 10.1 Å². The van der Waals surface area contributed by atoms with Crippen LogP contribution in [0.2, 0.25) is 0 Å². The van der Waals surface area contributed by atoms with Gasteiger partial charge in [0.15, 0.2) is 11.5 Å². The number of hydrazine groups is 1. The van der Waals surface area contributed by atoms with E-state index < -0.39 is 35.5 Å². The fraction of sp³-hybridized carbons (Fsp3) is 0.120. The summed E-state index contributed by atoms with van der Waals surface area (Å²) in [6, 6.07) is 16.4. The van der Waals surface area contributed by atoms with E-state index in [9.17, 15) is 23.6 Å². The van der Waals surface area contributed by atoms with Gasteiger partial charge < -0.3 is 9.47 Å². The summed E-state index contributed by atoms with van der Waals surface area (Å²) >= 11 is 0. The molecule has 0 bridgehead atoms. The Labute approximate surface area is 198 Å². The van der Waals surface area contributed by atoms with Crippen molar-refractivity contribution in [2.75, 3.05) is 11.7 Å².